The Labute approximate surface area is 154 Å². The van der Waals surface area contributed by atoms with Gasteiger partial charge in [-0.15, -0.1) is 0 Å². The van der Waals surface area contributed by atoms with Crippen LogP contribution in [0, 0.1) is 6.92 Å². The Bertz CT molecular complexity index is 918. The van der Waals surface area contributed by atoms with Gasteiger partial charge in [0, 0.05) is 17.3 Å². The van der Waals surface area contributed by atoms with E-state index in [9.17, 15) is 4.79 Å². The van der Waals surface area contributed by atoms with Gasteiger partial charge in [0.1, 0.15) is 5.02 Å². The van der Waals surface area contributed by atoms with Gasteiger partial charge in [-0.3, -0.25) is 9.89 Å². The van der Waals surface area contributed by atoms with Crippen LogP contribution < -0.4 is 10.9 Å². The van der Waals surface area contributed by atoms with E-state index in [0.29, 0.717) is 22.9 Å². The number of hydrogen-bond acceptors (Lipinski definition) is 4. The summed E-state index contributed by atoms with van der Waals surface area (Å²) in [5.74, 6) is 0. The first-order chi connectivity index (χ1) is 12.1. The molecule has 0 aliphatic heterocycles. The number of aromatic amines is 1. The molecule has 6 nitrogen and oxygen atoms in total. The second-order valence-corrected chi connectivity index (χ2v) is 6.43. The van der Waals surface area contributed by atoms with Crippen molar-refractivity contribution in [3.05, 3.63) is 68.3 Å². The molecule has 0 unspecified atom stereocenters. The topological polar surface area (TPSA) is 75.6 Å². The lowest BCUT2D eigenvalue weighted by Gasteiger charge is -2.10. The van der Waals surface area contributed by atoms with E-state index in [4.69, 9.17) is 23.2 Å². The van der Waals surface area contributed by atoms with Gasteiger partial charge in [-0.05, 0) is 49.6 Å². The Morgan fingerprint density at radius 2 is 1.96 bits per heavy atom. The molecular weight excluding hydrogens is 361 g/mol. The van der Waals surface area contributed by atoms with Crippen LogP contribution in [0.1, 0.15) is 17.7 Å². The molecule has 2 heterocycles. The Morgan fingerprint density at radius 1 is 1.20 bits per heavy atom. The molecule has 1 aromatic carbocycles. The number of aromatic nitrogens is 4. The van der Waals surface area contributed by atoms with Gasteiger partial charge in [-0.2, -0.15) is 14.9 Å². The third kappa shape index (κ3) is 4.03. The summed E-state index contributed by atoms with van der Waals surface area (Å²) in [6.07, 6.45) is 5.16. The third-order valence-electron chi connectivity index (χ3n) is 3.86. The largest absolute Gasteiger partial charge is 0.382 e. The summed E-state index contributed by atoms with van der Waals surface area (Å²) >= 11 is 12.1. The molecule has 0 amide bonds. The third-order valence-corrected chi connectivity index (χ3v) is 4.48. The van der Waals surface area contributed by atoms with Crippen molar-refractivity contribution in [2.45, 2.75) is 19.8 Å². The lowest BCUT2D eigenvalue weighted by molar-refractivity contribution is 0.802. The molecule has 3 rings (SSSR count). The van der Waals surface area contributed by atoms with Crippen LogP contribution in [0.2, 0.25) is 10.0 Å². The second-order valence-electron chi connectivity index (χ2n) is 5.62. The molecule has 0 aliphatic carbocycles. The summed E-state index contributed by atoms with van der Waals surface area (Å²) < 4.78 is 1.25. The lowest BCUT2D eigenvalue weighted by atomic mass is 10.1. The standard InChI is InChI=1S/C17H17Cl2N5O/c1-11-12(9-21-23-11)3-2-8-20-15-10-22-24(17(25)16(15)19)14-6-4-13(18)5-7-14/h4-7,9-10,20H,2-3,8H2,1H3,(H,21,23). The first kappa shape index (κ1) is 17.5. The fourth-order valence-electron chi connectivity index (χ4n) is 2.45. The van der Waals surface area contributed by atoms with E-state index in [1.165, 1.54) is 10.2 Å². The zero-order chi connectivity index (χ0) is 17.8. The first-order valence-electron chi connectivity index (χ1n) is 7.83. The minimum absolute atomic E-state index is 0.115. The Kier molecular flexibility index (Phi) is 5.40. The van der Waals surface area contributed by atoms with Crippen LogP contribution in [0.15, 0.2) is 41.5 Å². The van der Waals surface area contributed by atoms with Crippen LogP contribution in [0.5, 0.6) is 0 Å². The van der Waals surface area contributed by atoms with Crippen molar-refractivity contribution in [2.75, 3.05) is 11.9 Å². The average molecular weight is 378 g/mol. The fraction of sp³-hybridized carbons (Fsp3) is 0.235. The van der Waals surface area contributed by atoms with E-state index in [1.807, 2.05) is 13.1 Å². The number of benzene rings is 1. The smallest absolute Gasteiger partial charge is 0.292 e. The Hall–Kier alpha value is -2.31. The highest BCUT2D eigenvalue weighted by molar-refractivity contribution is 6.33. The molecular formula is C17H17Cl2N5O. The number of halogens is 2. The lowest BCUT2D eigenvalue weighted by Crippen LogP contribution is -2.22. The van der Waals surface area contributed by atoms with Crippen molar-refractivity contribution in [1.82, 2.24) is 20.0 Å². The molecule has 2 aromatic heterocycles. The highest BCUT2D eigenvalue weighted by Gasteiger charge is 2.10. The first-order valence-corrected chi connectivity index (χ1v) is 8.58. The number of rotatable bonds is 6. The zero-order valence-electron chi connectivity index (χ0n) is 13.6. The molecule has 0 fully saturated rings. The predicted octanol–water partition coefficient (Wildman–Crippen LogP) is 3.62. The normalized spacial score (nSPS) is 10.8. The van der Waals surface area contributed by atoms with E-state index in [1.54, 1.807) is 30.5 Å². The van der Waals surface area contributed by atoms with Crippen LogP contribution in [-0.4, -0.2) is 26.5 Å². The van der Waals surface area contributed by atoms with Crippen LogP contribution in [0.3, 0.4) is 0 Å². The molecule has 8 heteroatoms. The number of nitrogens with zero attached hydrogens (tertiary/aromatic N) is 3. The number of hydrogen-bond donors (Lipinski definition) is 2. The summed E-state index contributed by atoms with van der Waals surface area (Å²) in [6.45, 7) is 2.67. The minimum Gasteiger partial charge on any atom is -0.382 e. The van der Waals surface area contributed by atoms with Crippen LogP contribution >= 0.6 is 23.2 Å². The molecule has 0 saturated heterocycles. The van der Waals surface area contributed by atoms with Gasteiger partial charge < -0.3 is 5.32 Å². The van der Waals surface area contributed by atoms with Crippen molar-refractivity contribution in [2.24, 2.45) is 0 Å². The summed E-state index contributed by atoms with van der Waals surface area (Å²) in [7, 11) is 0. The maximum absolute atomic E-state index is 12.4. The van der Waals surface area contributed by atoms with E-state index in [-0.39, 0.29) is 10.6 Å². The van der Waals surface area contributed by atoms with Crippen molar-refractivity contribution < 1.29 is 0 Å². The highest BCUT2D eigenvalue weighted by atomic mass is 35.5. The molecule has 0 saturated carbocycles. The van der Waals surface area contributed by atoms with Crippen LogP contribution in [0.4, 0.5) is 5.69 Å². The van der Waals surface area contributed by atoms with E-state index < -0.39 is 0 Å². The fourth-order valence-corrected chi connectivity index (χ4v) is 2.77. The van der Waals surface area contributed by atoms with E-state index in [2.05, 4.69) is 20.6 Å². The molecule has 0 bridgehead atoms. The molecule has 0 radical (unpaired) electrons. The number of H-pyrrole nitrogens is 1. The van der Waals surface area contributed by atoms with Gasteiger partial charge >= 0.3 is 0 Å². The van der Waals surface area contributed by atoms with E-state index >= 15 is 0 Å². The van der Waals surface area contributed by atoms with E-state index in [0.717, 1.165) is 18.5 Å². The molecule has 130 valence electrons. The van der Waals surface area contributed by atoms with Gasteiger partial charge in [0.2, 0.25) is 0 Å². The SMILES string of the molecule is Cc1[nH]ncc1CCCNc1cnn(-c2ccc(Cl)cc2)c(=O)c1Cl. The Morgan fingerprint density at radius 3 is 2.64 bits per heavy atom. The number of aryl methyl sites for hydroxylation is 2. The van der Waals surface area contributed by atoms with Gasteiger partial charge in [-0.25, -0.2) is 0 Å². The molecule has 2 N–H and O–H groups in total. The summed E-state index contributed by atoms with van der Waals surface area (Å²) in [6, 6.07) is 6.83. The molecule has 0 spiro atoms. The minimum atomic E-state index is -0.375. The maximum Gasteiger partial charge on any atom is 0.292 e. The monoisotopic (exact) mass is 377 g/mol. The van der Waals surface area contributed by atoms with Gasteiger partial charge in [0.15, 0.2) is 0 Å². The van der Waals surface area contributed by atoms with Gasteiger partial charge in [0.25, 0.3) is 5.56 Å². The average Bonchev–Trinajstić information content (AvgIpc) is 3.01. The zero-order valence-corrected chi connectivity index (χ0v) is 15.1. The second kappa shape index (κ2) is 7.72. The summed E-state index contributed by atoms with van der Waals surface area (Å²) in [4.78, 5) is 12.4. The maximum atomic E-state index is 12.4. The molecule has 3 aromatic rings. The molecule has 0 aliphatic rings. The van der Waals surface area contributed by atoms with Crippen molar-refractivity contribution >= 4 is 28.9 Å². The molecule has 25 heavy (non-hydrogen) atoms. The highest BCUT2D eigenvalue weighted by Crippen LogP contribution is 2.18. The number of anilines is 1. The predicted molar refractivity (Wildman–Crippen MR) is 100.0 cm³/mol. The Balaban J connectivity index is 1.67. The van der Waals surface area contributed by atoms with Crippen LogP contribution in [-0.2, 0) is 6.42 Å². The summed E-state index contributed by atoms with van der Waals surface area (Å²) in [5, 5.41) is 15.0. The van der Waals surface area contributed by atoms with Crippen molar-refractivity contribution in [1.29, 1.82) is 0 Å². The van der Waals surface area contributed by atoms with Crippen LogP contribution in [0.25, 0.3) is 5.69 Å². The summed E-state index contributed by atoms with van der Waals surface area (Å²) in [5.41, 5.74) is 3.02. The van der Waals surface area contributed by atoms with Crippen molar-refractivity contribution in [3.63, 3.8) is 0 Å². The van der Waals surface area contributed by atoms with Crippen molar-refractivity contribution in [3.8, 4) is 5.69 Å². The quantitative estimate of drug-likeness (QED) is 0.643. The van der Waals surface area contributed by atoms with Gasteiger partial charge in [-0.1, -0.05) is 23.2 Å². The number of nitrogens with one attached hydrogen (secondary N) is 2. The molecule has 0 atom stereocenters. The van der Waals surface area contributed by atoms with Gasteiger partial charge in [0.05, 0.1) is 23.8 Å².